The molecule has 0 bridgehead atoms. The molecule has 0 aliphatic carbocycles. The Morgan fingerprint density at radius 2 is 1.86 bits per heavy atom. The largest absolute Gasteiger partial charge is 0.493 e. The summed E-state index contributed by atoms with van der Waals surface area (Å²) >= 11 is 0. The molecule has 0 aliphatic heterocycles. The molecule has 29 heavy (non-hydrogen) atoms. The van der Waals surface area contributed by atoms with Crippen LogP contribution in [0, 0.1) is 16.0 Å². The fourth-order valence-corrected chi connectivity index (χ4v) is 2.61. The summed E-state index contributed by atoms with van der Waals surface area (Å²) in [4.78, 5) is 23.8. The Bertz CT molecular complexity index is 869. The van der Waals surface area contributed by atoms with E-state index in [9.17, 15) is 28.1 Å². The normalized spacial score (nSPS) is 11.4. The smallest absolute Gasteiger partial charge is 0.406 e. The lowest BCUT2D eigenvalue weighted by Crippen LogP contribution is -2.38. The highest BCUT2D eigenvalue weighted by Gasteiger charge is 2.34. The first-order valence-electron chi connectivity index (χ1n) is 8.88. The molecule has 0 radical (unpaired) electrons. The zero-order valence-electron chi connectivity index (χ0n) is 16.0. The Morgan fingerprint density at radius 3 is 2.48 bits per heavy atom. The zero-order chi connectivity index (χ0) is 21.6. The molecule has 156 valence electrons. The molecule has 9 heteroatoms. The molecule has 0 spiro atoms. The van der Waals surface area contributed by atoms with Gasteiger partial charge in [0, 0.05) is 17.2 Å². The Labute approximate surface area is 166 Å². The molecular weight excluding hydrogens is 389 g/mol. The number of amides is 1. The Morgan fingerprint density at radius 1 is 1.17 bits per heavy atom. The summed E-state index contributed by atoms with van der Waals surface area (Å²) in [5.74, 6) is -0.299. The SMILES string of the molecule is CC(C)COc1cccc(C(=O)N(Cc2ccccc2[N+](=O)[O-])CC(F)(F)F)c1. The number of para-hydroxylation sites is 1. The van der Waals surface area contributed by atoms with Crippen molar-refractivity contribution in [1.29, 1.82) is 0 Å². The van der Waals surface area contributed by atoms with Gasteiger partial charge < -0.3 is 9.64 Å². The van der Waals surface area contributed by atoms with E-state index in [1.54, 1.807) is 6.07 Å². The van der Waals surface area contributed by atoms with E-state index in [4.69, 9.17) is 4.74 Å². The first-order chi connectivity index (χ1) is 13.6. The van der Waals surface area contributed by atoms with Gasteiger partial charge in [0.1, 0.15) is 12.3 Å². The maximum Gasteiger partial charge on any atom is 0.406 e. The van der Waals surface area contributed by atoms with Crippen LogP contribution in [-0.4, -0.2) is 35.1 Å². The number of rotatable bonds is 8. The van der Waals surface area contributed by atoms with Crippen LogP contribution in [0.3, 0.4) is 0 Å². The molecule has 1 amide bonds. The first-order valence-corrected chi connectivity index (χ1v) is 8.88. The highest BCUT2D eigenvalue weighted by atomic mass is 19.4. The van der Waals surface area contributed by atoms with Crippen molar-refractivity contribution in [3.63, 3.8) is 0 Å². The van der Waals surface area contributed by atoms with Gasteiger partial charge in [0.25, 0.3) is 11.6 Å². The second-order valence-corrected chi connectivity index (χ2v) is 6.89. The summed E-state index contributed by atoms with van der Waals surface area (Å²) in [6, 6.07) is 11.3. The van der Waals surface area contributed by atoms with Gasteiger partial charge in [-0.25, -0.2) is 0 Å². The predicted molar refractivity (Wildman–Crippen MR) is 101 cm³/mol. The molecule has 0 heterocycles. The van der Waals surface area contributed by atoms with Crippen LogP contribution in [0.25, 0.3) is 0 Å². The van der Waals surface area contributed by atoms with Gasteiger partial charge >= 0.3 is 6.18 Å². The first kappa shape index (κ1) is 22.2. The van der Waals surface area contributed by atoms with Gasteiger partial charge in [0.2, 0.25) is 0 Å². The number of carbonyl (C=O) groups is 1. The molecule has 0 N–H and O–H groups in total. The van der Waals surface area contributed by atoms with Crippen LogP contribution in [-0.2, 0) is 6.54 Å². The van der Waals surface area contributed by atoms with Crippen molar-refractivity contribution in [2.45, 2.75) is 26.6 Å². The molecule has 0 unspecified atom stereocenters. The third-order valence-electron chi connectivity index (χ3n) is 3.87. The number of nitrogens with zero attached hydrogens (tertiary/aromatic N) is 2. The van der Waals surface area contributed by atoms with E-state index in [0.717, 1.165) is 0 Å². The van der Waals surface area contributed by atoms with Crippen LogP contribution < -0.4 is 4.74 Å². The minimum Gasteiger partial charge on any atom is -0.493 e. The topological polar surface area (TPSA) is 72.7 Å². The minimum absolute atomic E-state index is 0.00842. The fourth-order valence-electron chi connectivity index (χ4n) is 2.61. The average Bonchev–Trinajstić information content (AvgIpc) is 2.64. The van der Waals surface area contributed by atoms with Crippen molar-refractivity contribution in [2.24, 2.45) is 5.92 Å². The van der Waals surface area contributed by atoms with Gasteiger partial charge in [0.05, 0.1) is 18.1 Å². The number of ether oxygens (including phenoxy) is 1. The van der Waals surface area contributed by atoms with E-state index in [1.165, 1.54) is 42.5 Å². The summed E-state index contributed by atoms with van der Waals surface area (Å²) in [6.45, 7) is 2.18. The molecule has 2 aromatic rings. The number of hydrogen-bond acceptors (Lipinski definition) is 4. The molecular formula is C20H21F3N2O4. The Balaban J connectivity index is 2.32. The predicted octanol–water partition coefficient (Wildman–Crippen LogP) is 4.83. The quantitative estimate of drug-likeness (QED) is 0.461. The lowest BCUT2D eigenvalue weighted by atomic mass is 10.1. The lowest BCUT2D eigenvalue weighted by Gasteiger charge is -2.24. The Hall–Kier alpha value is -3.10. The van der Waals surface area contributed by atoms with Crippen LogP contribution >= 0.6 is 0 Å². The van der Waals surface area contributed by atoms with E-state index in [-0.39, 0.29) is 22.7 Å². The standard InChI is InChI=1S/C20H21F3N2O4/c1-14(2)12-29-17-8-5-7-15(10-17)19(26)24(13-20(21,22)23)11-16-6-3-4-9-18(16)25(27)28/h3-10,14H,11-13H2,1-2H3. The maximum absolute atomic E-state index is 13.1. The molecule has 2 aromatic carbocycles. The number of halogens is 3. The molecule has 6 nitrogen and oxygen atoms in total. The van der Waals surface area contributed by atoms with Gasteiger partial charge in [-0.05, 0) is 24.1 Å². The van der Waals surface area contributed by atoms with Crippen LogP contribution in [0.15, 0.2) is 48.5 Å². The van der Waals surface area contributed by atoms with Crippen LogP contribution in [0.4, 0.5) is 18.9 Å². The van der Waals surface area contributed by atoms with Gasteiger partial charge in [0.15, 0.2) is 0 Å². The summed E-state index contributed by atoms with van der Waals surface area (Å²) in [5.41, 5.74) is -0.321. The second-order valence-electron chi connectivity index (χ2n) is 6.89. The van der Waals surface area contributed by atoms with Crippen LogP contribution in [0.2, 0.25) is 0 Å². The van der Waals surface area contributed by atoms with Crippen molar-refractivity contribution < 1.29 is 27.6 Å². The molecule has 0 aromatic heterocycles. The highest BCUT2D eigenvalue weighted by molar-refractivity contribution is 5.94. The van der Waals surface area contributed by atoms with Crippen LogP contribution in [0.5, 0.6) is 5.75 Å². The van der Waals surface area contributed by atoms with E-state index in [2.05, 4.69) is 0 Å². The molecule has 2 rings (SSSR count). The number of carbonyl (C=O) groups excluding carboxylic acids is 1. The third-order valence-corrected chi connectivity index (χ3v) is 3.87. The van der Waals surface area contributed by atoms with Gasteiger partial charge in [-0.2, -0.15) is 13.2 Å². The second kappa shape index (κ2) is 9.40. The van der Waals surface area contributed by atoms with Crippen molar-refractivity contribution in [3.05, 3.63) is 69.8 Å². The fraction of sp³-hybridized carbons (Fsp3) is 0.350. The van der Waals surface area contributed by atoms with Gasteiger partial charge in [-0.15, -0.1) is 0 Å². The number of nitro benzene ring substituents is 1. The molecule has 0 saturated heterocycles. The summed E-state index contributed by atoms with van der Waals surface area (Å²) in [5, 5.41) is 11.2. The van der Waals surface area contributed by atoms with E-state index in [1.807, 2.05) is 13.8 Å². The molecule has 0 aliphatic rings. The van der Waals surface area contributed by atoms with E-state index >= 15 is 0 Å². The molecule has 0 atom stereocenters. The average molecular weight is 410 g/mol. The summed E-state index contributed by atoms with van der Waals surface area (Å²) in [6.07, 6.45) is -4.66. The van der Waals surface area contributed by atoms with Crippen molar-refractivity contribution >= 4 is 11.6 Å². The van der Waals surface area contributed by atoms with E-state index < -0.39 is 30.1 Å². The van der Waals surface area contributed by atoms with Crippen LogP contribution in [0.1, 0.15) is 29.8 Å². The van der Waals surface area contributed by atoms with Crippen molar-refractivity contribution in [3.8, 4) is 5.75 Å². The number of nitro groups is 1. The van der Waals surface area contributed by atoms with Gasteiger partial charge in [-0.1, -0.05) is 38.1 Å². The number of alkyl halides is 3. The number of benzene rings is 2. The third kappa shape index (κ3) is 6.78. The maximum atomic E-state index is 13.1. The Kier molecular flexibility index (Phi) is 7.19. The monoisotopic (exact) mass is 410 g/mol. The van der Waals surface area contributed by atoms with Gasteiger partial charge in [-0.3, -0.25) is 14.9 Å². The lowest BCUT2D eigenvalue weighted by molar-refractivity contribution is -0.385. The highest BCUT2D eigenvalue weighted by Crippen LogP contribution is 2.25. The molecule has 0 fully saturated rings. The number of hydrogen-bond donors (Lipinski definition) is 0. The van der Waals surface area contributed by atoms with E-state index in [0.29, 0.717) is 17.3 Å². The van der Waals surface area contributed by atoms with Crippen molar-refractivity contribution in [2.75, 3.05) is 13.2 Å². The molecule has 0 saturated carbocycles. The zero-order valence-corrected chi connectivity index (χ0v) is 16.0. The van der Waals surface area contributed by atoms with Crippen molar-refractivity contribution in [1.82, 2.24) is 4.90 Å². The summed E-state index contributed by atoms with van der Waals surface area (Å²) in [7, 11) is 0. The minimum atomic E-state index is -4.66. The summed E-state index contributed by atoms with van der Waals surface area (Å²) < 4.78 is 44.8.